The fourth-order valence-corrected chi connectivity index (χ4v) is 4.67. The van der Waals surface area contributed by atoms with Crippen molar-refractivity contribution in [1.82, 2.24) is 19.7 Å². The minimum Gasteiger partial charge on any atom is -0.494 e. The van der Waals surface area contributed by atoms with E-state index in [0.29, 0.717) is 33.6 Å². The second kappa shape index (κ2) is 9.97. The van der Waals surface area contributed by atoms with Crippen LogP contribution in [0.25, 0.3) is 22.4 Å². The van der Waals surface area contributed by atoms with Crippen LogP contribution in [0, 0.1) is 0 Å². The van der Waals surface area contributed by atoms with Crippen LogP contribution in [0.15, 0.2) is 56.9 Å². The molecule has 0 unspecified atom stereocenters. The highest BCUT2D eigenvalue weighted by atomic mass is 35.5. The molecule has 5 rings (SSSR count). The molecule has 33 heavy (non-hydrogen) atoms. The molecule has 2 aromatic carbocycles. The van der Waals surface area contributed by atoms with Crippen LogP contribution in [0.4, 0.5) is 0 Å². The molecule has 0 saturated heterocycles. The highest BCUT2D eigenvalue weighted by Crippen LogP contribution is 2.26. The molecule has 1 aliphatic rings. The number of hydrogen-bond acceptors (Lipinski definition) is 7. The maximum absolute atomic E-state index is 12.9. The van der Waals surface area contributed by atoms with Crippen molar-refractivity contribution < 1.29 is 9.15 Å². The molecule has 0 aliphatic carbocycles. The molecule has 0 bridgehead atoms. The average Bonchev–Trinajstić information content (AvgIpc) is 3.17. The van der Waals surface area contributed by atoms with Crippen LogP contribution in [0.3, 0.4) is 0 Å². The molecule has 0 radical (unpaired) electrons. The minimum atomic E-state index is 0.0334. The van der Waals surface area contributed by atoms with Crippen molar-refractivity contribution in [1.29, 1.82) is 0 Å². The van der Waals surface area contributed by atoms with E-state index >= 15 is 0 Å². The molecular weight excluding hydrogens is 460 g/mol. The number of fused-ring (bicyclic) bond motifs is 2. The van der Waals surface area contributed by atoms with Gasteiger partial charge in [0.15, 0.2) is 0 Å². The van der Waals surface area contributed by atoms with Gasteiger partial charge in [-0.3, -0.25) is 9.36 Å². The normalized spacial score (nSPS) is 13.6. The Bertz CT molecular complexity index is 1320. The summed E-state index contributed by atoms with van der Waals surface area (Å²) in [5.74, 6) is 2.88. The molecule has 0 N–H and O–H groups in total. The molecule has 4 aromatic rings. The Balaban J connectivity index is 1.23. The summed E-state index contributed by atoms with van der Waals surface area (Å²) in [7, 11) is 0. The van der Waals surface area contributed by atoms with Crippen molar-refractivity contribution in [2.24, 2.45) is 0 Å². The van der Waals surface area contributed by atoms with E-state index < -0.39 is 0 Å². The summed E-state index contributed by atoms with van der Waals surface area (Å²) in [5.41, 5.74) is 1.47. The van der Waals surface area contributed by atoms with Gasteiger partial charge in [0.05, 0.1) is 17.5 Å². The lowest BCUT2D eigenvalue weighted by Gasteiger charge is -2.10. The largest absolute Gasteiger partial charge is 0.494 e. The van der Waals surface area contributed by atoms with Gasteiger partial charge in [0.2, 0.25) is 5.89 Å². The highest BCUT2D eigenvalue weighted by molar-refractivity contribution is 7.99. The standard InChI is InChI=1S/C24H23ClN4O3S/c25-17-7-9-18(10-8-17)31-13-4-14-33-24-28-27-22(32-24)16-6-11-19-20(15-16)26-21-5-2-1-3-12-29(21)23(19)30/h6-11,15H,1-5,12-14H2. The molecule has 9 heteroatoms. The van der Waals surface area contributed by atoms with Gasteiger partial charge < -0.3 is 9.15 Å². The number of halogens is 1. The maximum Gasteiger partial charge on any atom is 0.276 e. The van der Waals surface area contributed by atoms with Gasteiger partial charge >= 0.3 is 0 Å². The molecule has 0 fully saturated rings. The third-order valence-corrected chi connectivity index (χ3v) is 6.72. The number of ether oxygens (including phenoxy) is 1. The lowest BCUT2D eigenvalue weighted by molar-refractivity contribution is 0.318. The van der Waals surface area contributed by atoms with E-state index in [9.17, 15) is 4.79 Å². The zero-order valence-corrected chi connectivity index (χ0v) is 19.6. The van der Waals surface area contributed by atoms with Crippen LogP contribution in [0.1, 0.15) is 31.5 Å². The van der Waals surface area contributed by atoms with Crippen molar-refractivity contribution in [3.05, 3.63) is 63.7 Å². The van der Waals surface area contributed by atoms with Crippen molar-refractivity contribution in [3.63, 3.8) is 0 Å². The first-order valence-electron chi connectivity index (χ1n) is 11.1. The molecule has 0 amide bonds. The second-order valence-electron chi connectivity index (χ2n) is 7.90. The zero-order chi connectivity index (χ0) is 22.6. The van der Waals surface area contributed by atoms with E-state index in [2.05, 4.69) is 10.2 Å². The van der Waals surface area contributed by atoms with Gasteiger partial charge in [-0.2, -0.15) is 0 Å². The third kappa shape index (κ3) is 5.07. The Morgan fingerprint density at radius 3 is 2.85 bits per heavy atom. The van der Waals surface area contributed by atoms with Gasteiger partial charge in [-0.1, -0.05) is 29.8 Å². The van der Waals surface area contributed by atoms with E-state index in [1.54, 1.807) is 12.1 Å². The van der Waals surface area contributed by atoms with Crippen LogP contribution >= 0.6 is 23.4 Å². The summed E-state index contributed by atoms with van der Waals surface area (Å²) < 4.78 is 13.4. The Morgan fingerprint density at radius 2 is 1.97 bits per heavy atom. The zero-order valence-electron chi connectivity index (χ0n) is 18.0. The number of aromatic nitrogens is 4. The average molecular weight is 483 g/mol. The summed E-state index contributed by atoms with van der Waals surface area (Å²) >= 11 is 7.37. The predicted octanol–water partition coefficient (Wildman–Crippen LogP) is 5.39. The van der Waals surface area contributed by atoms with Crippen molar-refractivity contribution in [3.8, 4) is 17.2 Å². The third-order valence-electron chi connectivity index (χ3n) is 5.57. The Labute approximate surface area is 200 Å². The molecule has 1 aliphatic heterocycles. The smallest absolute Gasteiger partial charge is 0.276 e. The lowest BCUT2D eigenvalue weighted by atomic mass is 10.1. The second-order valence-corrected chi connectivity index (χ2v) is 9.39. The topological polar surface area (TPSA) is 83.0 Å². The highest BCUT2D eigenvalue weighted by Gasteiger charge is 2.16. The van der Waals surface area contributed by atoms with Crippen LogP contribution in [0.2, 0.25) is 5.02 Å². The summed E-state index contributed by atoms with van der Waals surface area (Å²) in [6, 6.07) is 12.8. The number of nitrogens with zero attached hydrogens (tertiary/aromatic N) is 4. The number of benzene rings is 2. The molecule has 2 aromatic heterocycles. The first-order valence-corrected chi connectivity index (χ1v) is 12.4. The van der Waals surface area contributed by atoms with Gasteiger partial charge in [0.1, 0.15) is 11.6 Å². The SMILES string of the molecule is O=c1c2ccc(-c3nnc(SCCCOc4ccc(Cl)cc4)o3)cc2nc2n1CCCCC2. The van der Waals surface area contributed by atoms with Gasteiger partial charge in [0.25, 0.3) is 10.8 Å². The number of rotatable bonds is 7. The first-order chi connectivity index (χ1) is 16.2. The molecular formula is C24H23ClN4O3S. The summed E-state index contributed by atoms with van der Waals surface area (Å²) in [6.07, 6.45) is 4.87. The molecule has 0 saturated carbocycles. The molecule has 7 nitrogen and oxygen atoms in total. The van der Waals surface area contributed by atoms with Crippen LogP contribution < -0.4 is 10.3 Å². The van der Waals surface area contributed by atoms with Crippen molar-refractivity contribution in [2.75, 3.05) is 12.4 Å². The van der Waals surface area contributed by atoms with E-state index in [-0.39, 0.29) is 5.56 Å². The number of hydrogen-bond donors (Lipinski definition) is 0. The minimum absolute atomic E-state index is 0.0334. The Kier molecular flexibility index (Phi) is 6.64. The van der Waals surface area contributed by atoms with Crippen molar-refractivity contribution >= 4 is 34.3 Å². The van der Waals surface area contributed by atoms with E-state index in [4.69, 9.17) is 25.7 Å². The fraction of sp³-hybridized carbons (Fsp3) is 0.333. The lowest BCUT2D eigenvalue weighted by Crippen LogP contribution is -2.24. The fourth-order valence-electron chi connectivity index (χ4n) is 3.88. The van der Waals surface area contributed by atoms with Crippen LogP contribution in [-0.2, 0) is 13.0 Å². The first kappa shape index (κ1) is 22.0. The van der Waals surface area contributed by atoms with Gasteiger partial charge in [-0.25, -0.2) is 4.98 Å². The Hall–Kier alpha value is -2.84. The van der Waals surface area contributed by atoms with Crippen molar-refractivity contribution in [2.45, 2.75) is 43.9 Å². The summed E-state index contributed by atoms with van der Waals surface area (Å²) in [4.78, 5) is 17.7. The molecule has 0 spiro atoms. The number of thioether (sulfide) groups is 1. The van der Waals surface area contributed by atoms with E-state index in [1.165, 1.54) is 11.8 Å². The van der Waals surface area contributed by atoms with Crippen LogP contribution in [0.5, 0.6) is 5.75 Å². The molecule has 170 valence electrons. The molecule has 0 atom stereocenters. The summed E-state index contributed by atoms with van der Waals surface area (Å²) in [6.45, 7) is 1.33. The van der Waals surface area contributed by atoms with Crippen LogP contribution in [-0.4, -0.2) is 32.1 Å². The Morgan fingerprint density at radius 1 is 1.09 bits per heavy atom. The summed E-state index contributed by atoms with van der Waals surface area (Å²) in [5, 5.41) is 10.1. The monoisotopic (exact) mass is 482 g/mol. The maximum atomic E-state index is 12.9. The molecule has 3 heterocycles. The van der Waals surface area contributed by atoms with Gasteiger partial charge in [0, 0.05) is 29.3 Å². The van der Waals surface area contributed by atoms with Gasteiger partial charge in [-0.15, -0.1) is 10.2 Å². The predicted molar refractivity (Wildman–Crippen MR) is 129 cm³/mol. The number of aryl methyl sites for hydroxylation is 1. The van der Waals surface area contributed by atoms with Gasteiger partial charge in [-0.05, 0) is 61.7 Å². The van der Waals surface area contributed by atoms with E-state index in [1.807, 2.05) is 34.9 Å². The quantitative estimate of drug-likeness (QED) is 0.258. The van der Waals surface area contributed by atoms with E-state index in [0.717, 1.165) is 61.5 Å².